The Hall–Kier alpha value is -1.60. The fourth-order valence-corrected chi connectivity index (χ4v) is 2.04. The van der Waals surface area contributed by atoms with Crippen LogP contribution in [0.5, 0.6) is 0 Å². The first-order chi connectivity index (χ1) is 8.81. The highest BCUT2D eigenvalue weighted by Gasteiger charge is 2.24. The van der Waals surface area contributed by atoms with Crippen LogP contribution < -0.4 is 5.32 Å². The van der Waals surface area contributed by atoms with Crippen LogP contribution in [0.15, 0.2) is 22.7 Å². The van der Waals surface area contributed by atoms with Gasteiger partial charge in [0.2, 0.25) is 0 Å². The van der Waals surface area contributed by atoms with E-state index in [0.717, 1.165) is 0 Å². The fourth-order valence-electron chi connectivity index (χ4n) is 1.28. The second-order valence-corrected chi connectivity index (χ2v) is 4.91. The number of rotatable bonds is 5. The third kappa shape index (κ3) is 4.53. The van der Waals surface area contributed by atoms with Crippen molar-refractivity contribution in [2.45, 2.75) is 12.5 Å². The van der Waals surface area contributed by atoms with Gasteiger partial charge in [0.05, 0.1) is 17.0 Å². The van der Waals surface area contributed by atoms with Crippen LogP contribution in [-0.2, 0) is 9.59 Å². The number of carbonyl (C=O) groups excluding carboxylic acids is 1. The number of nitrogens with one attached hydrogen (secondary N) is 1. The van der Waals surface area contributed by atoms with Crippen LogP contribution in [0, 0.1) is 0 Å². The smallest absolute Gasteiger partial charge is 0.326 e. The molecule has 1 atom stereocenters. The summed E-state index contributed by atoms with van der Waals surface area (Å²) in [5, 5.41) is 19.6. The van der Waals surface area contributed by atoms with Crippen molar-refractivity contribution in [3.05, 3.63) is 33.3 Å². The Morgan fingerprint density at radius 1 is 1.32 bits per heavy atom. The SMILES string of the molecule is O=C(O)C[C@H](NC(=O)c1ccc(Br)cc1Cl)C(=O)O. The standard InChI is InChI=1S/C11H9BrClNO5/c12-5-1-2-6(7(13)3-5)10(17)14-8(11(18)19)4-9(15)16/h1-3,8H,4H2,(H,14,17)(H,15,16)(H,18,19)/t8-/m0/s1. The first-order valence-electron chi connectivity index (χ1n) is 5.01. The summed E-state index contributed by atoms with van der Waals surface area (Å²) in [7, 11) is 0. The third-order valence-corrected chi connectivity index (χ3v) is 2.96. The van der Waals surface area contributed by atoms with Gasteiger partial charge < -0.3 is 15.5 Å². The molecule has 6 nitrogen and oxygen atoms in total. The molecule has 0 bridgehead atoms. The number of amides is 1. The molecule has 0 aromatic heterocycles. The molecule has 1 amide bonds. The molecule has 1 aromatic carbocycles. The van der Waals surface area contributed by atoms with Gasteiger partial charge in [-0.15, -0.1) is 0 Å². The minimum Gasteiger partial charge on any atom is -0.481 e. The Balaban J connectivity index is 2.87. The monoisotopic (exact) mass is 349 g/mol. The van der Waals surface area contributed by atoms with Gasteiger partial charge in [-0.2, -0.15) is 0 Å². The summed E-state index contributed by atoms with van der Waals surface area (Å²) < 4.78 is 0.661. The van der Waals surface area contributed by atoms with Crippen molar-refractivity contribution in [2.75, 3.05) is 0 Å². The maximum absolute atomic E-state index is 11.8. The lowest BCUT2D eigenvalue weighted by Crippen LogP contribution is -2.42. The number of hydrogen-bond acceptors (Lipinski definition) is 3. The van der Waals surface area contributed by atoms with E-state index in [2.05, 4.69) is 21.2 Å². The molecule has 0 spiro atoms. The van der Waals surface area contributed by atoms with E-state index in [9.17, 15) is 14.4 Å². The molecule has 0 aliphatic rings. The van der Waals surface area contributed by atoms with Gasteiger partial charge in [-0.25, -0.2) is 4.79 Å². The zero-order chi connectivity index (χ0) is 14.6. The van der Waals surface area contributed by atoms with Crippen LogP contribution in [0.2, 0.25) is 5.02 Å². The van der Waals surface area contributed by atoms with Crippen LogP contribution in [0.1, 0.15) is 16.8 Å². The zero-order valence-corrected chi connectivity index (χ0v) is 11.7. The molecule has 0 heterocycles. The molecular formula is C11H9BrClNO5. The molecule has 0 saturated heterocycles. The summed E-state index contributed by atoms with van der Waals surface area (Å²) >= 11 is 9.00. The number of aliphatic carboxylic acids is 2. The number of carboxylic acids is 2. The van der Waals surface area contributed by atoms with Crippen molar-refractivity contribution in [1.29, 1.82) is 0 Å². The number of carbonyl (C=O) groups is 3. The minimum absolute atomic E-state index is 0.0708. The molecule has 0 unspecified atom stereocenters. The van der Waals surface area contributed by atoms with E-state index in [1.165, 1.54) is 12.1 Å². The Kier molecular flexibility index (Phi) is 5.31. The summed E-state index contributed by atoms with van der Waals surface area (Å²) in [5.74, 6) is -3.50. The highest BCUT2D eigenvalue weighted by atomic mass is 79.9. The number of hydrogen-bond donors (Lipinski definition) is 3. The average molecular weight is 351 g/mol. The van der Waals surface area contributed by atoms with Gasteiger partial charge >= 0.3 is 11.9 Å². The van der Waals surface area contributed by atoms with Crippen molar-refractivity contribution < 1.29 is 24.6 Å². The number of carboxylic acid groups (broad SMARTS) is 2. The lowest BCUT2D eigenvalue weighted by Gasteiger charge is -2.13. The van der Waals surface area contributed by atoms with Crippen LogP contribution in [0.4, 0.5) is 0 Å². The molecule has 0 radical (unpaired) electrons. The summed E-state index contributed by atoms with van der Waals surface area (Å²) in [6.45, 7) is 0. The molecule has 1 aromatic rings. The first kappa shape index (κ1) is 15.5. The molecule has 0 aliphatic carbocycles. The van der Waals surface area contributed by atoms with E-state index in [-0.39, 0.29) is 10.6 Å². The van der Waals surface area contributed by atoms with Crippen LogP contribution >= 0.6 is 27.5 Å². The second-order valence-electron chi connectivity index (χ2n) is 3.59. The number of benzene rings is 1. The molecule has 0 aliphatic heterocycles. The maximum atomic E-state index is 11.8. The molecular weight excluding hydrogens is 341 g/mol. The van der Waals surface area contributed by atoms with Crippen molar-refractivity contribution in [1.82, 2.24) is 5.32 Å². The Morgan fingerprint density at radius 3 is 2.42 bits per heavy atom. The van der Waals surface area contributed by atoms with Gasteiger partial charge in [0.1, 0.15) is 6.04 Å². The minimum atomic E-state index is -1.51. The van der Waals surface area contributed by atoms with E-state index in [4.69, 9.17) is 21.8 Å². The average Bonchev–Trinajstić information content (AvgIpc) is 2.26. The highest BCUT2D eigenvalue weighted by molar-refractivity contribution is 9.10. The lowest BCUT2D eigenvalue weighted by molar-refractivity contribution is -0.145. The zero-order valence-electron chi connectivity index (χ0n) is 9.39. The Labute approximate surface area is 121 Å². The van der Waals surface area contributed by atoms with Crippen molar-refractivity contribution in [2.24, 2.45) is 0 Å². The molecule has 8 heteroatoms. The van der Waals surface area contributed by atoms with E-state index in [1.807, 2.05) is 0 Å². The normalized spacial score (nSPS) is 11.7. The lowest BCUT2D eigenvalue weighted by atomic mass is 10.1. The van der Waals surface area contributed by atoms with Crippen LogP contribution in [0.25, 0.3) is 0 Å². The van der Waals surface area contributed by atoms with Crippen LogP contribution in [0.3, 0.4) is 0 Å². The third-order valence-electron chi connectivity index (χ3n) is 2.16. The van der Waals surface area contributed by atoms with E-state index in [0.29, 0.717) is 4.47 Å². The second kappa shape index (κ2) is 6.53. The van der Waals surface area contributed by atoms with Gasteiger partial charge in [-0.1, -0.05) is 27.5 Å². The first-order valence-corrected chi connectivity index (χ1v) is 6.19. The van der Waals surface area contributed by atoms with Gasteiger partial charge in [0, 0.05) is 4.47 Å². The van der Waals surface area contributed by atoms with Gasteiger partial charge in [-0.05, 0) is 18.2 Å². The van der Waals surface area contributed by atoms with E-state index >= 15 is 0 Å². The topological polar surface area (TPSA) is 104 Å². The molecule has 3 N–H and O–H groups in total. The van der Waals surface area contributed by atoms with E-state index in [1.54, 1.807) is 6.07 Å². The molecule has 0 saturated carbocycles. The van der Waals surface area contributed by atoms with Crippen molar-refractivity contribution in [3.8, 4) is 0 Å². The van der Waals surface area contributed by atoms with Gasteiger partial charge in [0.15, 0.2) is 0 Å². The molecule has 102 valence electrons. The quantitative estimate of drug-likeness (QED) is 0.751. The van der Waals surface area contributed by atoms with Crippen molar-refractivity contribution in [3.63, 3.8) is 0 Å². The largest absolute Gasteiger partial charge is 0.481 e. The summed E-state index contributed by atoms with van der Waals surface area (Å²) in [6, 6.07) is 2.93. The Morgan fingerprint density at radius 2 is 1.95 bits per heavy atom. The predicted octanol–water partition coefficient (Wildman–Crippen LogP) is 1.76. The van der Waals surface area contributed by atoms with Gasteiger partial charge in [-0.3, -0.25) is 9.59 Å². The summed E-state index contributed by atoms with van der Waals surface area (Å²) in [4.78, 5) is 33.1. The number of halogens is 2. The molecule has 0 fully saturated rings. The Bertz CT molecular complexity index is 534. The predicted molar refractivity (Wildman–Crippen MR) is 70.3 cm³/mol. The molecule has 1 rings (SSSR count). The van der Waals surface area contributed by atoms with Gasteiger partial charge in [0.25, 0.3) is 5.91 Å². The van der Waals surface area contributed by atoms with Crippen LogP contribution in [-0.4, -0.2) is 34.1 Å². The maximum Gasteiger partial charge on any atom is 0.326 e. The summed E-state index contributed by atoms with van der Waals surface area (Å²) in [5.41, 5.74) is 0.0708. The van der Waals surface area contributed by atoms with E-state index < -0.39 is 30.3 Å². The summed E-state index contributed by atoms with van der Waals surface area (Å²) in [6.07, 6.45) is -0.713. The van der Waals surface area contributed by atoms with Crippen molar-refractivity contribution >= 4 is 45.4 Å². The fraction of sp³-hybridized carbons (Fsp3) is 0.182. The molecule has 19 heavy (non-hydrogen) atoms. The highest BCUT2D eigenvalue weighted by Crippen LogP contribution is 2.21.